The third-order valence-electron chi connectivity index (χ3n) is 3.20. The fourth-order valence-electron chi connectivity index (χ4n) is 2.13. The predicted octanol–water partition coefficient (Wildman–Crippen LogP) is 1.07. The van der Waals surface area contributed by atoms with Crippen molar-refractivity contribution in [2.24, 2.45) is 11.7 Å². The van der Waals surface area contributed by atoms with Gasteiger partial charge in [-0.2, -0.15) is 0 Å². The Labute approximate surface area is 124 Å². The Morgan fingerprint density at radius 2 is 2.15 bits per heavy atom. The summed E-state index contributed by atoms with van der Waals surface area (Å²) < 4.78 is 5.14. The zero-order valence-corrected chi connectivity index (χ0v) is 12.3. The number of hydrogen-bond acceptors (Lipinski definition) is 4. The number of carbonyl (C=O) groups is 3. The smallest absolute Gasteiger partial charge is 0.339 e. The van der Waals surface area contributed by atoms with Crippen LogP contribution in [0.5, 0.6) is 0 Å². The number of rotatable bonds is 3. The van der Waals surface area contributed by atoms with Gasteiger partial charge in [-0.25, -0.2) is 4.79 Å². The molecule has 1 aliphatic rings. The highest BCUT2D eigenvalue weighted by atomic mass is 79.9. The summed E-state index contributed by atoms with van der Waals surface area (Å²) in [6.07, 6.45) is 0.0875. The molecule has 0 aliphatic carbocycles. The molecule has 1 aliphatic heterocycles. The molecule has 106 valence electrons. The van der Waals surface area contributed by atoms with Crippen LogP contribution in [-0.2, 0) is 14.3 Å². The van der Waals surface area contributed by atoms with Crippen LogP contribution >= 0.6 is 15.9 Å². The Balaban J connectivity index is 2.37. The Morgan fingerprint density at radius 3 is 2.70 bits per heavy atom. The minimum atomic E-state index is -0.504. The molecule has 20 heavy (non-hydrogen) atoms. The van der Waals surface area contributed by atoms with Crippen LogP contribution in [-0.4, -0.2) is 31.4 Å². The lowest BCUT2D eigenvalue weighted by Crippen LogP contribution is -2.28. The third kappa shape index (κ3) is 2.53. The molecule has 1 unspecified atom stereocenters. The molecule has 1 aromatic carbocycles. The number of halogens is 1. The number of carbonyl (C=O) groups excluding carboxylic acids is 3. The van der Waals surface area contributed by atoms with Crippen LogP contribution in [0.25, 0.3) is 0 Å². The molecule has 1 saturated heterocycles. The maximum Gasteiger partial charge on any atom is 0.339 e. The molecule has 2 rings (SSSR count). The van der Waals surface area contributed by atoms with Crippen molar-refractivity contribution in [3.05, 3.63) is 28.2 Å². The number of methoxy groups -OCH3 is 1. The van der Waals surface area contributed by atoms with Gasteiger partial charge in [-0.1, -0.05) is 6.07 Å². The Kier molecular flexibility index (Phi) is 4.08. The number of anilines is 1. The van der Waals surface area contributed by atoms with Crippen molar-refractivity contribution in [1.82, 2.24) is 0 Å². The normalized spacial score (nSPS) is 18.2. The summed E-state index contributed by atoms with van der Waals surface area (Å²) in [5.41, 5.74) is 6.08. The Bertz CT molecular complexity index is 588. The van der Waals surface area contributed by atoms with Gasteiger partial charge in [0.25, 0.3) is 0 Å². The second-order valence-corrected chi connectivity index (χ2v) is 5.23. The van der Waals surface area contributed by atoms with Gasteiger partial charge >= 0.3 is 5.97 Å². The SMILES string of the molecule is COC(=O)c1cccc(N2CC(C(N)=O)CC2=O)c1Br. The van der Waals surface area contributed by atoms with E-state index in [1.165, 1.54) is 12.0 Å². The lowest BCUT2D eigenvalue weighted by atomic mass is 10.1. The van der Waals surface area contributed by atoms with Crippen molar-refractivity contribution in [3.63, 3.8) is 0 Å². The number of primary amides is 1. The van der Waals surface area contributed by atoms with Crippen molar-refractivity contribution in [2.75, 3.05) is 18.6 Å². The molecular weight excluding hydrogens is 328 g/mol. The van der Waals surface area contributed by atoms with Crippen LogP contribution in [0.2, 0.25) is 0 Å². The van der Waals surface area contributed by atoms with E-state index in [2.05, 4.69) is 20.7 Å². The number of amides is 2. The first-order valence-corrected chi connectivity index (χ1v) is 6.71. The van der Waals surface area contributed by atoms with E-state index in [1.807, 2.05) is 0 Å². The monoisotopic (exact) mass is 340 g/mol. The Morgan fingerprint density at radius 1 is 1.45 bits per heavy atom. The van der Waals surface area contributed by atoms with Gasteiger partial charge < -0.3 is 15.4 Å². The molecule has 1 atom stereocenters. The third-order valence-corrected chi connectivity index (χ3v) is 4.04. The Hall–Kier alpha value is -1.89. The van der Waals surface area contributed by atoms with Gasteiger partial charge in [-0.05, 0) is 28.1 Å². The number of benzene rings is 1. The van der Waals surface area contributed by atoms with Gasteiger partial charge in [-0.3, -0.25) is 9.59 Å². The number of hydrogen-bond donors (Lipinski definition) is 1. The van der Waals surface area contributed by atoms with Crippen molar-refractivity contribution >= 4 is 39.4 Å². The highest BCUT2D eigenvalue weighted by Gasteiger charge is 2.35. The molecule has 1 fully saturated rings. The number of ether oxygens (including phenoxy) is 1. The summed E-state index contributed by atoms with van der Waals surface area (Å²) >= 11 is 3.31. The first-order valence-electron chi connectivity index (χ1n) is 5.92. The van der Waals surface area contributed by atoms with Gasteiger partial charge in [0.05, 0.1) is 28.8 Å². The van der Waals surface area contributed by atoms with E-state index in [1.54, 1.807) is 18.2 Å². The molecule has 2 N–H and O–H groups in total. The molecule has 1 aromatic rings. The van der Waals surface area contributed by atoms with E-state index in [-0.39, 0.29) is 18.9 Å². The maximum absolute atomic E-state index is 12.0. The minimum absolute atomic E-state index is 0.0875. The first kappa shape index (κ1) is 14.5. The van der Waals surface area contributed by atoms with Crippen molar-refractivity contribution in [2.45, 2.75) is 6.42 Å². The molecule has 6 nitrogen and oxygen atoms in total. The lowest BCUT2D eigenvalue weighted by molar-refractivity contribution is -0.123. The van der Waals surface area contributed by atoms with Gasteiger partial charge in [0.1, 0.15) is 0 Å². The highest BCUT2D eigenvalue weighted by Crippen LogP contribution is 2.34. The summed E-state index contributed by atoms with van der Waals surface area (Å²) in [7, 11) is 1.28. The molecule has 1 heterocycles. The zero-order chi connectivity index (χ0) is 14.9. The lowest BCUT2D eigenvalue weighted by Gasteiger charge is -2.19. The second-order valence-electron chi connectivity index (χ2n) is 4.44. The van der Waals surface area contributed by atoms with E-state index in [4.69, 9.17) is 5.73 Å². The van der Waals surface area contributed by atoms with Gasteiger partial charge in [0, 0.05) is 13.0 Å². The van der Waals surface area contributed by atoms with E-state index in [9.17, 15) is 14.4 Å². The summed E-state index contributed by atoms with van der Waals surface area (Å²) in [5, 5.41) is 0. The molecular formula is C13H13BrN2O4. The van der Waals surface area contributed by atoms with E-state index >= 15 is 0 Å². The fraction of sp³-hybridized carbons (Fsp3) is 0.308. The first-order chi connectivity index (χ1) is 9.45. The van der Waals surface area contributed by atoms with Crippen LogP contribution in [0.15, 0.2) is 22.7 Å². The van der Waals surface area contributed by atoms with Crippen LogP contribution in [0.1, 0.15) is 16.8 Å². The summed E-state index contributed by atoms with van der Waals surface area (Å²) in [4.78, 5) is 36.2. The van der Waals surface area contributed by atoms with Crippen LogP contribution in [0, 0.1) is 5.92 Å². The molecule has 0 aromatic heterocycles. The minimum Gasteiger partial charge on any atom is -0.465 e. The standard InChI is InChI=1S/C13H13BrN2O4/c1-20-13(19)8-3-2-4-9(11(8)14)16-6-7(12(15)18)5-10(16)17/h2-4,7H,5-6H2,1H3,(H2,15,18). The van der Waals surface area contributed by atoms with Crippen molar-refractivity contribution < 1.29 is 19.1 Å². The van der Waals surface area contributed by atoms with Crippen molar-refractivity contribution in [3.8, 4) is 0 Å². The summed E-state index contributed by atoms with van der Waals surface area (Å²) in [5.74, 6) is -1.70. The van der Waals surface area contributed by atoms with Crippen molar-refractivity contribution in [1.29, 1.82) is 0 Å². The highest BCUT2D eigenvalue weighted by molar-refractivity contribution is 9.10. The van der Waals surface area contributed by atoms with Crippen LogP contribution in [0.4, 0.5) is 5.69 Å². The van der Waals surface area contributed by atoms with Gasteiger partial charge in [0.15, 0.2) is 0 Å². The number of esters is 1. The zero-order valence-electron chi connectivity index (χ0n) is 10.8. The van der Waals surface area contributed by atoms with E-state index in [0.717, 1.165) is 0 Å². The molecule has 0 saturated carbocycles. The average molecular weight is 341 g/mol. The van der Waals surface area contributed by atoms with Gasteiger partial charge in [-0.15, -0.1) is 0 Å². The molecule has 0 radical (unpaired) electrons. The van der Waals surface area contributed by atoms with Crippen LogP contribution in [0.3, 0.4) is 0 Å². The molecule has 0 spiro atoms. The van der Waals surface area contributed by atoms with E-state index in [0.29, 0.717) is 15.7 Å². The predicted molar refractivity (Wildman–Crippen MR) is 75.1 cm³/mol. The quantitative estimate of drug-likeness (QED) is 0.833. The molecule has 2 amide bonds. The molecule has 0 bridgehead atoms. The summed E-state index contributed by atoms with van der Waals surface area (Å²) in [6, 6.07) is 4.93. The van der Waals surface area contributed by atoms with E-state index < -0.39 is 17.8 Å². The fourth-order valence-corrected chi connectivity index (χ4v) is 2.77. The maximum atomic E-state index is 12.0. The second kappa shape index (κ2) is 5.62. The van der Waals surface area contributed by atoms with Crippen LogP contribution < -0.4 is 10.6 Å². The number of nitrogens with two attached hydrogens (primary N) is 1. The molecule has 7 heteroatoms. The van der Waals surface area contributed by atoms with Gasteiger partial charge in [0.2, 0.25) is 11.8 Å². The summed E-state index contributed by atoms with van der Waals surface area (Å²) in [6.45, 7) is 0.220. The largest absolute Gasteiger partial charge is 0.465 e. The average Bonchev–Trinajstić information content (AvgIpc) is 2.80. The topological polar surface area (TPSA) is 89.7 Å². The number of nitrogens with zero attached hydrogens (tertiary/aromatic N) is 1.